The van der Waals surface area contributed by atoms with E-state index in [0.717, 1.165) is 0 Å². The zero-order valence-electron chi connectivity index (χ0n) is 17.9. The number of aromatic nitrogens is 4. The summed E-state index contributed by atoms with van der Waals surface area (Å²) in [7, 11) is 0. The molecule has 12 heteroatoms. The van der Waals surface area contributed by atoms with Crippen LogP contribution in [-0.2, 0) is 18.9 Å². The molecule has 1 aromatic heterocycles. The highest BCUT2D eigenvalue weighted by Crippen LogP contribution is 2.40. The Morgan fingerprint density at radius 2 is 1.58 bits per heavy atom. The summed E-state index contributed by atoms with van der Waals surface area (Å²) in [6, 6.07) is 12.0. The molecule has 0 unspecified atom stereocenters. The van der Waals surface area contributed by atoms with Crippen LogP contribution >= 0.6 is 0 Å². The number of hydrogen-bond donors (Lipinski definition) is 0. The van der Waals surface area contributed by atoms with Crippen LogP contribution in [0.4, 0.5) is 30.7 Å². The Hall–Kier alpha value is -4.22. The van der Waals surface area contributed by atoms with Gasteiger partial charge in [0, 0.05) is 29.0 Å². The summed E-state index contributed by atoms with van der Waals surface area (Å²) in [5, 5.41) is 7.92. The quantitative estimate of drug-likeness (QED) is 0.248. The van der Waals surface area contributed by atoms with Crippen LogP contribution in [0, 0.1) is 5.82 Å². The van der Waals surface area contributed by atoms with Gasteiger partial charge in [0.25, 0.3) is 0 Å². The highest BCUT2D eigenvalue weighted by molar-refractivity contribution is 5.71. The fourth-order valence-corrected chi connectivity index (χ4v) is 3.69. The van der Waals surface area contributed by atoms with Crippen LogP contribution in [0.1, 0.15) is 16.9 Å². The first-order valence-electron chi connectivity index (χ1n) is 10.3. The van der Waals surface area contributed by atoms with E-state index < -0.39 is 34.9 Å². The summed E-state index contributed by atoms with van der Waals surface area (Å²) in [5.41, 5.74) is -2.40. The molecule has 0 saturated carbocycles. The van der Waals surface area contributed by atoms with E-state index in [0.29, 0.717) is 34.8 Å². The molecule has 0 bridgehead atoms. The summed E-state index contributed by atoms with van der Waals surface area (Å²) in [6.45, 7) is -0.0488. The summed E-state index contributed by atoms with van der Waals surface area (Å²) < 4.78 is 99.8. The van der Waals surface area contributed by atoms with Crippen molar-refractivity contribution in [3.8, 4) is 33.9 Å². The van der Waals surface area contributed by atoms with Crippen LogP contribution in [0.25, 0.3) is 33.9 Å². The van der Waals surface area contributed by atoms with Crippen molar-refractivity contribution in [3.63, 3.8) is 0 Å². The van der Waals surface area contributed by atoms with Gasteiger partial charge in [0.05, 0.1) is 16.8 Å². The van der Waals surface area contributed by atoms with E-state index in [4.69, 9.17) is 4.52 Å². The highest BCUT2D eigenvalue weighted by Gasteiger charge is 2.39. The van der Waals surface area contributed by atoms with E-state index in [1.54, 1.807) is 36.5 Å². The number of fused-ring (bicyclic) bond motifs is 1. The molecule has 0 amide bonds. The predicted molar refractivity (Wildman–Crippen MR) is 113 cm³/mol. The Morgan fingerprint density at radius 1 is 0.806 bits per heavy atom. The fraction of sp³-hybridized carbons (Fsp3) is 0.125. The van der Waals surface area contributed by atoms with Gasteiger partial charge in [-0.05, 0) is 36.4 Å². The lowest BCUT2D eigenvalue weighted by Gasteiger charge is -2.14. The molecule has 0 fully saturated rings. The van der Waals surface area contributed by atoms with Crippen molar-refractivity contribution in [2.45, 2.75) is 18.9 Å². The topological polar surface area (TPSA) is 56.7 Å². The van der Waals surface area contributed by atoms with Gasteiger partial charge in [-0.25, -0.2) is 9.37 Å². The maximum absolute atomic E-state index is 14.1. The highest BCUT2D eigenvalue weighted by atomic mass is 19.4. The SMILES string of the molecule is Fc1ccccc1-c1cc2ccn(Cc3cc(-c4ccc(C(F)(F)F)cc4C(F)(F)F)no3)nc-2n1. The largest absolute Gasteiger partial charge is 0.417 e. The van der Waals surface area contributed by atoms with Crippen molar-refractivity contribution in [1.82, 2.24) is 19.9 Å². The van der Waals surface area contributed by atoms with Crippen molar-refractivity contribution < 1.29 is 35.3 Å². The van der Waals surface area contributed by atoms with Crippen molar-refractivity contribution in [2.75, 3.05) is 0 Å². The van der Waals surface area contributed by atoms with Crippen LogP contribution in [0.15, 0.2) is 71.4 Å². The molecule has 2 aromatic carbocycles. The summed E-state index contributed by atoms with van der Waals surface area (Å²) >= 11 is 0. The van der Waals surface area contributed by atoms with E-state index in [1.807, 2.05) is 0 Å². The Morgan fingerprint density at radius 3 is 2.31 bits per heavy atom. The second-order valence-electron chi connectivity index (χ2n) is 7.85. The van der Waals surface area contributed by atoms with Gasteiger partial charge < -0.3 is 4.52 Å². The van der Waals surface area contributed by atoms with Crippen LogP contribution in [0.5, 0.6) is 0 Å². The van der Waals surface area contributed by atoms with E-state index in [2.05, 4.69) is 15.2 Å². The number of halogens is 7. The minimum atomic E-state index is -5.05. The van der Waals surface area contributed by atoms with Crippen LogP contribution in [0.2, 0.25) is 0 Å². The fourth-order valence-electron chi connectivity index (χ4n) is 3.69. The standard InChI is InChI=1S/C24H13F7N4O/c25-19-4-2-1-3-17(19)20-9-13-7-8-35(33-22(13)32-20)12-15-11-21(34-36-15)16-6-5-14(23(26,27)28)10-18(16)24(29,30)31/h1-11H,12H2. The lowest BCUT2D eigenvalue weighted by molar-refractivity contribution is -0.142. The number of alkyl halides is 6. The number of benzene rings is 2. The summed E-state index contributed by atoms with van der Waals surface area (Å²) in [6.07, 6.45) is -8.41. The third kappa shape index (κ3) is 4.53. The molecular weight excluding hydrogens is 493 g/mol. The normalized spacial score (nSPS) is 12.4. The molecule has 3 heterocycles. The first-order chi connectivity index (χ1) is 17.0. The van der Waals surface area contributed by atoms with Gasteiger partial charge in [-0.2, -0.15) is 31.4 Å². The second kappa shape index (κ2) is 8.47. The minimum Gasteiger partial charge on any atom is -0.359 e. The third-order valence-corrected chi connectivity index (χ3v) is 5.38. The average molecular weight is 506 g/mol. The first-order valence-corrected chi connectivity index (χ1v) is 10.3. The Labute approximate surface area is 198 Å². The third-order valence-electron chi connectivity index (χ3n) is 5.38. The molecule has 0 N–H and O–H groups in total. The van der Waals surface area contributed by atoms with Crippen LogP contribution in [0.3, 0.4) is 0 Å². The minimum absolute atomic E-state index is 0.0438. The number of hydrogen-bond acceptors (Lipinski definition) is 4. The molecule has 2 aliphatic rings. The molecule has 0 radical (unpaired) electrons. The van der Waals surface area contributed by atoms with Crippen molar-refractivity contribution in [3.05, 3.63) is 89.6 Å². The second-order valence-corrected chi connectivity index (χ2v) is 7.85. The molecule has 5 rings (SSSR count). The monoisotopic (exact) mass is 506 g/mol. The van der Waals surface area contributed by atoms with Crippen LogP contribution < -0.4 is 0 Å². The average Bonchev–Trinajstić information content (AvgIpc) is 3.44. The van der Waals surface area contributed by atoms with Gasteiger partial charge in [0.1, 0.15) is 18.1 Å². The summed E-state index contributed by atoms with van der Waals surface area (Å²) in [4.78, 5) is 4.33. The lowest BCUT2D eigenvalue weighted by Crippen LogP contribution is -2.12. The van der Waals surface area contributed by atoms with E-state index in [9.17, 15) is 30.7 Å². The Balaban J connectivity index is 1.44. The first kappa shape index (κ1) is 23.5. The maximum Gasteiger partial charge on any atom is 0.417 e. The number of nitrogens with zero attached hydrogens (tertiary/aromatic N) is 4. The zero-order valence-corrected chi connectivity index (χ0v) is 17.9. The Kier molecular flexibility index (Phi) is 5.53. The van der Waals surface area contributed by atoms with Gasteiger partial charge in [-0.15, -0.1) is 0 Å². The van der Waals surface area contributed by atoms with Crippen molar-refractivity contribution in [2.24, 2.45) is 0 Å². The van der Waals surface area contributed by atoms with Gasteiger partial charge in [0.2, 0.25) is 0 Å². The molecule has 5 nitrogen and oxygen atoms in total. The van der Waals surface area contributed by atoms with E-state index >= 15 is 0 Å². The molecule has 3 aromatic rings. The molecule has 36 heavy (non-hydrogen) atoms. The number of rotatable bonds is 4. The molecule has 0 spiro atoms. The smallest absolute Gasteiger partial charge is 0.359 e. The molecule has 0 saturated heterocycles. The van der Waals surface area contributed by atoms with E-state index in [-0.39, 0.29) is 24.1 Å². The molecule has 2 aliphatic heterocycles. The van der Waals surface area contributed by atoms with Gasteiger partial charge in [-0.1, -0.05) is 23.4 Å². The molecule has 184 valence electrons. The summed E-state index contributed by atoms with van der Waals surface area (Å²) in [5.74, 6) is -0.0304. The van der Waals surface area contributed by atoms with E-state index in [1.165, 1.54) is 16.8 Å². The molecular formula is C24H13F7N4O. The van der Waals surface area contributed by atoms with Gasteiger partial charge >= 0.3 is 12.4 Å². The Bertz CT molecular complexity index is 1520. The maximum atomic E-state index is 14.1. The zero-order chi connectivity index (χ0) is 25.7. The van der Waals surface area contributed by atoms with Gasteiger partial charge in [-0.3, -0.25) is 4.68 Å². The van der Waals surface area contributed by atoms with Crippen LogP contribution in [-0.4, -0.2) is 19.9 Å². The van der Waals surface area contributed by atoms with Crippen molar-refractivity contribution >= 4 is 0 Å². The molecule has 0 aliphatic carbocycles. The molecule has 0 atom stereocenters. The predicted octanol–water partition coefficient (Wildman–Crippen LogP) is 6.93. The van der Waals surface area contributed by atoms with Gasteiger partial charge in [0.15, 0.2) is 11.6 Å². The van der Waals surface area contributed by atoms with Crippen molar-refractivity contribution in [1.29, 1.82) is 0 Å². The lowest BCUT2D eigenvalue weighted by atomic mass is 10.0.